The molecule has 0 amide bonds. The molecule has 1 nitrogen and oxygen atoms in total. The summed E-state index contributed by atoms with van der Waals surface area (Å²) >= 11 is 6.19. The summed E-state index contributed by atoms with van der Waals surface area (Å²) in [6, 6.07) is 12.7. The van der Waals surface area contributed by atoms with Crippen molar-refractivity contribution in [3.05, 3.63) is 58.1 Å². The lowest BCUT2D eigenvalue weighted by Crippen LogP contribution is -1.89. The van der Waals surface area contributed by atoms with Crippen LogP contribution in [0.5, 0.6) is 0 Å². The van der Waals surface area contributed by atoms with Crippen LogP contribution in [0.1, 0.15) is 22.8 Å². The van der Waals surface area contributed by atoms with Gasteiger partial charge in [-0.15, -0.1) is 0 Å². The van der Waals surface area contributed by atoms with Crippen molar-refractivity contribution in [1.82, 2.24) is 0 Å². The first-order chi connectivity index (χ1) is 8.33. The third-order valence-corrected chi connectivity index (χ3v) is 3.78. The van der Waals surface area contributed by atoms with Crippen molar-refractivity contribution in [2.24, 2.45) is 0 Å². The normalized spacial score (nSPS) is 19.9. The molecule has 0 spiro atoms. The molecular formula is C15H11ClO. The lowest BCUT2D eigenvalue weighted by molar-refractivity contribution is 0.416. The number of ether oxygens (including phenoxy) is 1. The van der Waals surface area contributed by atoms with Crippen LogP contribution in [0.3, 0.4) is 0 Å². The van der Waals surface area contributed by atoms with Crippen molar-refractivity contribution >= 4 is 11.6 Å². The van der Waals surface area contributed by atoms with E-state index in [-0.39, 0.29) is 6.10 Å². The molecule has 1 aliphatic carbocycles. The van der Waals surface area contributed by atoms with Crippen LogP contribution in [-0.2, 0) is 11.2 Å². The van der Waals surface area contributed by atoms with Crippen molar-refractivity contribution in [2.75, 3.05) is 6.61 Å². The molecule has 17 heavy (non-hydrogen) atoms. The molecule has 1 heterocycles. The van der Waals surface area contributed by atoms with E-state index in [1.54, 1.807) is 0 Å². The van der Waals surface area contributed by atoms with Gasteiger partial charge in [-0.1, -0.05) is 35.9 Å². The maximum absolute atomic E-state index is 6.19. The molecule has 1 atom stereocenters. The Hall–Kier alpha value is -1.31. The van der Waals surface area contributed by atoms with Crippen LogP contribution in [0, 0.1) is 0 Å². The fraction of sp³-hybridized carbons (Fsp3) is 0.200. The summed E-state index contributed by atoms with van der Waals surface area (Å²) in [6.07, 6.45) is 1.25. The molecule has 1 aliphatic heterocycles. The lowest BCUT2D eigenvalue weighted by Gasteiger charge is -2.08. The average Bonchev–Trinajstić information content (AvgIpc) is 3.09. The van der Waals surface area contributed by atoms with Gasteiger partial charge in [-0.2, -0.15) is 0 Å². The Balaban J connectivity index is 2.01. The van der Waals surface area contributed by atoms with E-state index in [4.69, 9.17) is 16.3 Å². The van der Waals surface area contributed by atoms with E-state index in [1.165, 1.54) is 27.8 Å². The molecule has 2 aliphatic rings. The predicted molar refractivity (Wildman–Crippen MR) is 68.4 cm³/mol. The van der Waals surface area contributed by atoms with Crippen LogP contribution in [0.2, 0.25) is 5.02 Å². The standard InChI is InChI=1S/C15H11ClO/c16-11-6-10-5-9-3-1-2-4-12(9)15(10)13(7-11)14-8-17-14/h1-4,6-7,14H,5,8H2. The lowest BCUT2D eigenvalue weighted by atomic mass is 9.97. The van der Waals surface area contributed by atoms with Crippen LogP contribution in [-0.4, -0.2) is 6.61 Å². The highest BCUT2D eigenvalue weighted by molar-refractivity contribution is 6.30. The van der Waals surface area contributed by atoms with Crippen LogP contribution in [0.25, 0.3) is 11.1 Å². The molecule has 1 fully saturated rings. The van der Waals surface area contributed by atoms with E-state index in [0.29, 0.717) is 0 Å². The smallest absolute Gasteiger partial charge is 0.107 e. The SMILES string of the molecule is Clc1cc2c(c(C3CO3)c1)-c1ccccc1C2. The minimum atomic E-state index is 0.258. The molecule has 84 valence electrons. The molecule has 0 bridgehead atoms. The predicted octanol–water partition coefficient (Wildman–Crippen LogP) is 3.98. The summed E-state index contributed by atoms with van der Waals surface area (Å²) < 4.78 is 5.43. The molecule has 4 rings (SSSR count). The maximum Gasteiger partial charge on any atom is 0.107 e. The van der Waals surface area contributed by atoms with Gasteiger partial charge in [0.05, 0.1) is 6.61 Å². The van der Waals surface area contributed by atoms with Crippen LogP contribution < -0.4 is 0 Å². The monoisotopic (exact) mass is 242 g/mol. The zero-order valence-electron chi connectivity index (χ0n) is 9.24. The molecule has 1 unspecified atom stereocenters. The number of halogens is 1. The zero-order chi connectivity index (χ0) is 11.4. The topological polar surface area (TPSA) is 12.5 Å². The van der Waals surface area contributed by atoms with Crippen molar-refractivity contribution < 1.29 is 4.74 Å². The largest absolute Gasteiger partial charge is 0.368 e. The Morgan fingerprint density at radius 2 is 1.94 bits per heavy atom. The Kier molecular flexibility index (Phi) is 1.91. The van der Waals surface area contributed by atoms with Gasteiger partial charge in [-0.3, -0.25) is 0 Å². The summed E-state index contributed by atoms with van der Waals surface area (Å²) in [6.45, 7) is 0.828. The van der Waals surface area contributed by atoms with Crippen LogP contribution >= 0.6 is 11.6 Å². The molecule has 0 radical (unpaired) electrons. The van der Waals surface area contributed by atoms with E-state index in [0.717, 1.165) is 18.1 Å². The highest BCUT2D eigenvalue weighted by Crippen LogP contribution is 2.45. The van der Waals surface area contributed by atoms with Gasteiger partial charge in [0, 0.05) is 5.02 Å². The molecule has 0 aromatic heterocycles. The number of rotatable bonds is 1. The van der Waals surface area contributed by atoms with E-state index < -0.39 is 0 Å². The van der Waals surface area contributed by atoms with Crippen molar-refractivity contribution in [3.8, 4) is 11.1 Å². The molecule has 1 saturated heterocycles. The summed E-state index contributed by atoms with van der Waals surface area (Å²) in [5.74, 6) is 0. The molecular weight excluding hydrogens is 232 g/mol. The van der Waals surface area contributed by atoms with Crippen molar-refractivity contribution in [2.45, 2.75) is 12.5 Å². The fourth-order valence-corrected chi connectivity index (χ4v) is 3.01. The van der Waals surface area contributed by atoms with Gasteiger partial charge in [0.25, 0.3) is 0 Å². The van der Waals surface area contributed by atoms with Crippen molar-refractivity contribution in [3.63, 3.8) is 0 Å². The third-order valence-electron chi connectivity index (χ3n) is 3.56. The number of fused-ring (bicyclic) bond motifs is 3. The van der Waals surface area contributed by atoms with Gasteiger partial charge in [-0.05, 0) is 46.4 Å². The highest BCUT2D eigenvalue weighted by atomic mass is 35.5. The highest BCUT2D eigenvalue weighted by Gasteiger charge is 2.32. The van der Waals surface area contributed by atoms with E-state index in [9.17, 15) is 0 Å². The van der Waals surface area contributed by atoms with Crippen LogP contribution in [0.4, 0.5) is 0 Å². The molecule has 2 heteroatoms. The maximum atomic E-state index is 6.19. The van der Waals surface area contributed by atoms with Crippen LogP contribution in [0.15, 0.2) is 36.4 Å². The van der Waals surface area contributed by atoms with Gasteiger partial charge >= 0.3 is 0 Å². The molecule has 2 aromatic rings. The van der Waals surface area contributed by atoms with Gasteiger partial charge in [-0.25, -0.2) is 0 Å². The minimum Gasteiger partial charge on any atom is -0.368 e. The second kappa shape index (κ2) is 3.34. The number of benzene rings is 2. The van der Waals surface area contributed by atoms with E-state index in [2.05, 4.69) is 36.4 Å². The number of hydrogen-bond acceptors (Lipinski definition) is 1. The zero-order valence-corrected chi connectivity index (χ0v) is 10.00. The number of hydrogen-bond donors (Lipinski definition) is 0. The Morgan fingerprint density at radius 3 is 2.76 bits per heavy atom. The number of epoxide rings is 1. The third kappa shape index (κ3) is 1.43. The van der Waals surface area contributed by atoms with E-state index >= 15 is 0 Å². The van der Waals surface area contributed by atoms with Gasteiger partial charge in [0.1, 0.15) is 6.10 Å². The van der Waals surface area contributed by atoms with Gasteiger partial charge < -0.3 is 4.74 Å². The Morgan fingerprint density at radius 1 is 1.12 bits per heavy atom. The van der Waals surface area contributed by atoms with Crippen molar-refractivity contribution in [1.29, 1.82) is 0 Å². The Bertz CT molecular complexity index is 614. The summed E-state index contributed by atoms with van der Waals surface area (Å²) in [5.41, 5.74) is 6.70. The summed E-state index contributed by atoms with van der Waals surface area (Å²) in [4.78, 5) is 0. The minimum absolute atomic E-state index is 0.258. The van der Waals surface area contributed by atoms with Gasteiger partial charge in [0.15, 0.2) is 0 Å². The second-order valence-electron chi connectivity index (χ2n) is 4.69. The molecule has 2 aromatic carbocycles. The van der Waals surface area contributed by atoms with E-state index in [1.807, 2.05) is 0 Å². The summed E-state index contributed by atoms with van der Waals surface area (Å²) in [5, 5.41) is 0.821. The quantitative estimate of drug-likeness (QED) is 0.588. The summed E-state index contributed by atoms with van der Waals surface area (Å²) in [7, 11) is 0. The first kappa shape index (κ1) is 9.69. The van der Waals surface area contributed by atoms with Gasteiger partial charge in [0.2, 0.25) is 0 Å². The average molecular weight is 243 g/mol. The Labute approximate surface area is 105 Å². The second-order valence-corrected chi connectivity index (χ2v) is 5.12. The molecule has 0 N–H and O–H groups in total. The molecule has 0 saturated carbocycles. The fourth-order valence-electron chi connectivity index (χ4n) is 2.76. The first-order valence-corrected chi connectivity index (χ1v) is 6.23. The first-order valence-electron chi connectivity index (χ1n) is 5.85.